The van der Waals surface area contributed by atoms with Gasteiger partial charge in [-0.15, -0.1) is 0 Å². The fourth-order valence-corrected chi connectivity index (χ4v) is 2.73. The van der Waals surface area contributed by atoms with Crippen molar-refractivity contribution in [3.63, 3.8) is 0 Å². The van der Waals surface area contributed by atoms with Crippen LogP contribution in [0, 0.1) is 11.8 Å². The number of hydrogen-bond donors (Lipinski definition) is 0. The molecular weight excluding hydrogens is 212 g/mol. The topological polar surface area (TPSA) is 34.9 Å². The van der Waals surface area contributed by atoms with Crippen molar-refractivity contribution >= 4 is 5.78 Å². The Labute approximate surface area is 103 Å². The monoisotopic (exact) mass is 234 g/mol. The summed E-state index contributed by atoms with van der Waals surface area (Å²) in [5, 5.41) is 4.18. The van der Waals surface area contributed by atoms with Gasteiger partial charge in [-0.25, -0.2) is 0 Å². The molecule has 1 aromatic heterocycles. The van der Waals surface area contributed by atoms with E-state index in [9.17, 15) is 4.79 Å². The van der Waals surface area contributed by atoms with Crippen LogP contribution in [0.15, 0.2) is 12.4 Å². The molecule has 1 aliphatic rings. The molecule has 1 heterocycles. The van der Waals surface area contributed by atoms with Gasteiger partial charge in [-0.05, 0) is 38.5 Å². The van der Waals surface area contributed by atoms with Gasteiger partial charge in [0.15, 0.2) is 5.78 Å². The predicted octanol–water partition coefficient (Wildman–Crippen LogP) is 3.30. The summed E-state index contributed by atoms with van der Waals surface area (Å²) in [7, 11) is 0. The minimum absolute atomic E-state index is 0.243. The van der Waals surface area contributed by atoms with Gasteiger partial charge < -0.3 is 0 Å². The molecule has 17 heavy (non-hydrogen) atoms. The molecule has 0 spiro atoms. The number of Topliss-reactive ketones (excluding diaryl/α,β-unsaturated/α-hetero) is 1. The van der Waals surface area contributed by atoms with Gasteiger partial charge in [0.1, 0.15) is 0 Å². The van der Waals surface area contributed by atoms with Gasteiger partial charge in [0.25, 0.3) is 0 Å². The second-order valence-corrected chi connectivity index (χ2v) is 5.07. The Morgan fingerprint density at radius 3 is 2.59 bits per heavy atom. The maximum absolute atomic E-state index is 12.3. The van der Waals surface area contributed by atoms with Crippen LogP contribution in [0.2, 0.25) is 0 Å². The Balaban J connectivity index is 1.96. The van der Waals surface area contributed by atoms with Crippen molar-refractivity contribution in [1.29, 1.82) is 0 Å². The van der Waals surface area contributed by atoms with Crippen LogP contribution in [0.5, 0.6) is 0 Å². The molecular formula is C14H22N2O. The molecule has 0 N–H and O–H groups in total. The third-order valence-corrected chi connectivity index (χ3v) is 4.04. The molecule has 0 radical (unpaired) electrons. The Bertz CT molecular complexity index is 375. The van der Waals surface area contributed by atoms with Crippen molar-refractivity contribution in [2.24, 2.45) is 11.8 Å². The molecule has 94 valence electrons. The highest BCUT2D eigenvalue weighted by Gasteiger charge is 2.26. The Morgan fingerprint density at radius 1 is 1.35 bits per heavy atom. The number of aromatic nitrogens is 2. The van der Waals surface area contributed by atoms with Gasteiger partial charge in [0.2, 0.25) is 0 Å². The summed E-state index contributed by atoms with van der Waals surface area (Å²) in [6, 6.07) is 0. The fourth-order valence-electron chi connectivity index (χ4n) is 2.73. The van der Waals surface area contributed by atoms with Crippen LogP contribution in [0.25, 0.3) is 0 Å². The fraction of sp³-hybridized carbons (Fsp3) is 0.714. The minimum Gasteiger partial charge on any atom is -0.294 e. The number of hydrogen-bond acceptors (Lipinski definition) is 2. The van der Waals surface area contributed by atoms with Gasteiger partial charge in [-0.2, -0.15) is 5.10 Å². The zero-order chi connectivity index (χ0) is 12.3. The molecule has 0 aromatic carbocycles. The number of rotatable bonds is 4. The molecule has 1 saturated carbocycles. The Morgan fingerprint density at radius 2 is 2.06 bits per heavy atom. The largest absolute Gasteiger partial charge is 0.294 e. The lowest BCUT2D eigenvalue weighted by Crippen LogP contribution is -2.21. The first-order valence-corrected chi connectivity index (χ1v) is 6.81. The molecule has 0 unspecified atom stereocenters. The predicted molar refractivity (Wildman–Crippen MR) is 68.0 cm³/mol. The molecule has 0 atom stereocenters. The Kier molecular flexibility index (Phi) is 3.97. The van der Waals surface area contributed by atoms with Crippen molar-refractivity contribution in [3.8, 4) is 0 Å². The molecule has 1 fully saturated rings. The number of ketones is 1. The standard InChI is InChI=1S/C14H22N2O/c1-3-11-5-7-12(8-6-11)14(17)13-9-15-16(4-2)10-13/h9-12H,3-8H2,1-2H3. The average Bonchev–Trinajstić information content (AvgIpc) is 2.87. The van der Waals surface area contributed by atoms with E-state index in [0.717, 1.165) is 30.9 Å². The second kappa shape index (κ2) is 5.48. The van der Waals surface area contributed by atoms with Crippen molar-refractivity contribution in [1.82, 2.24) is 9.78 Å². The van der Waals surface area contributed by atoms with Crippen molar-refractivity contribution in [3.05, 3.63) is 18.0 Å². The van der Waals surface area contributed by atoms with E-state index >= 15 is 0 Å². The number of nitrogens with zero attached hydrogens (tertiary/aromatic N) is 2. The van der Waals surface area contributed by atoms with Crippen molar-refractivity contribution in [2.75, 3.05) is 0 Å². The molecule has 0 saturated heterocycles. The summed E-state index contributed by atoms with van der Waals surface area (Å²) in [6.45, 7) is 5.11. The van der Waals surface area contributed by atoms with Crippen LogP contribution < -0.4 is 0 Å². The van der Waals surface area contributed by atoms with Crippen molar-refractivity contribution < 1.29 is 4.79 Å². The number of carbonyl (C=O) groups is 1. The average molecular weight is 234 g/mol. The van der Waals surface area contributed by atoms with E-state index in [0.29, 0.717) is 5.78 Å². The van der Waals surface area contributed by atoms with Gasteiger partial charge in [-0.1, -0.05) is 13.3 Å². The van der Waals surface area contributed by atoms with Crippen LogP contribution in [-0.4, -0.2) is 15.6 Å². The molecule has 1 aromatic rings. The second-order valence-electron chi connectivity index (χ2n) is 5.07. The minimum atomic E-state index is 0.243. The lowest BCUT2D eigenvalue weighted by molar-refractivity contribution is 0.0871. The summed E-state index contributed by atoms with van der Waals surface area (Å²) in [4.78, 5) is 12.3. The zero-order valence-corrected chi connectivity index (χ0v) is 10.9. The maximum Gasteiger partial charge on any atom is 0.169 e. The zero-order valence-electron chi connectivity index (χ0n) is 10.9. The van der Waals surface area contributed by atoms with Gasteiger partial charge in [0, 0.05) is 18.7 Å². The third-order valence-electron chi connectivity index (χ3n) is 4.04. The molecule has 0 bridgehead atoms. The maximum atomic E-state index is 12.3. The highest BCUT2D eigenvalue weighted by Crippen LogP contribution is 2.32. The van der Waals surface area contributed by atoms with Crippen LogP contribution in [0.3, 0.4) is 0 Å². The summed E-state index contributed by atoms with van der Waals surface area (Å²) in [5.74, 6) is 1.39. The highest BCUT2D eigenvalue weighted by atomic mass is 16.1. The van der Waals surface area contributed by atoms with E-state index in [1.165, 1.54) is 19.3 Å². The van der Waals surface area contributed by atoms with E-state index in [1.54, 1.807) is 6.20 Å². The highest BCUT2D eigenvalue weighted by molar-refractivity contribution is 5.97. The molecule has 1 aliphatic carbocycles. The molecule has 2 rings (SSSR count). The number of aryl methyl sites for hydroxylation is 1. The van der Waals surface area contributed by atoms with Gasteiger partial charge in [0.05, 0.1) is 11.8 Å². The normalized spacial score (nSPS) is 24.8. The molecule has 3 nitrogen and oxygen atoms in total. The van der Waals surface area contributed by atoms with Gasteiger partial charge in [-0.3, -0.25) is 9.48 Å². The first-order valence-electron chi connectivity index (χ1n) is 6.81. The lowest BCUT2D eigenvalue weighted by Gasteiger charge is -2.26. The lowest BCUT2D eigenvalue weighted by atomic mass is 9.78. The molecule has 0 amide bonds. The summed E-state index contributed by atoms with van der Waals surface area (Å²) in [5.41, 5.74) is 0.798. The summed E-state index contributed by atoms with van der Waals surface area (Å²) >= 11 is 0. The summed E-state index contributed by atoms with van der Waals surface area (Å²) < 4.78 is 1.82. The van der Waals surface area contributed by atoms with E-state index in [2.05, 4.69) is 12.0 Å². The van der Waals surface area contributed by atoms with E-state index in [1.807, 2.05) is 17.8 Å². The molecule has 3 heteroatoms. The van der Waals surface area contributed by atoms with Crippen LogP contribution >= 0.6 is 0 Å². The van der Waals surface area contributed by atoms with Crippen LogP contribution in [-0.2, 0) is 6.54 Å². The van der Waals surface area contributed by atoms with Crippen LogP contribution in [0.4, 0.5) is 0 Å². The Hall–Kier alpha value is -1.12. The van der Waals surface area contributed by atoms with E-state index < -0.39 is 0 Å². The van der Waals surface area contributed by atoms with Crippen molar-refractivity contribution in [2.45, 2.75) is 52.5 Å². The first kappa shape index (κ1) is 12.3. The first-order chi connectivity index (χ1) is 8.24. The third kappa shape index (κ3) is 2.76. The number of carbonyl (C=O) groups excluding carboxylic acids is 1. The smallest absolute Gasteiger partial charge is 0.169 e. The van der Waals surface area contributed by atoms with E-state index in [4.69, 9.17) is 0 Å². The van der Waals surface area contributed by atoms with Gasteiger partial charge >= 0.3 is 0 Å². The SMILES string of the molecule is CCC1CCC(C(=O)c2cnn(CC)c2)CC1. The van der Waals surface area contributed by atoms with E-state index in [-0.39, 0.29) is 5.92 Å². The van der Waals surface area contributed by atoms with Crippen LogP contribution in [0.1, 0.15) is 56.3 Å². The summed E-state index contributed by atoms with van der Waals surface area (Å²) in [6.07, 6.45) is 9.42. The quantitative estimate of drug-likeness (QED) is 0.749. The molecule has 0 aliphatic heterocycles.